The van der Waals surface area contributed by atoms with Crippen LogP contribution >= 0.6 is 11.8 Å². The van der Waals surface area contributed by atoms with Gasteiger partial charge >= 0.3 is 0 Å². The Bertz CT molecular complexity index is 1240. The Morgan fingerprint density at radius 1 is 1.11 bits per heavy atom. The molecule has 37 heavy (non-hydrogen) atoms. The third-order valence-electron chi connectivity index (χ3n) is 7.39. The van der Waals surface area contributed by atoms with E-state index in [0.29, 0.717) is 22.7 Å². The van der Waals surface area contributed by atoms with Crippen molar-refractivity contribution in [3.8, 4) is 5.75 Å². The summed E-state index contributed by atoms with van der Waals surface area (Å²) in [5.41, 5.74) is 7.62. The summed E-state index contributed by atoms with van der Waals surface area (Å²) in [7, 11) is -3.68. The van der Waals surface area contributed by atoms with Gasteiger partial charge < -0.3 is 15.7 Å². The number of unbranched alkanes of at least 4 members (excludes halogenated alkanes) is 2. The van der Waals surface area contributed by atoms with Crippen molar-refractivity contribution in [3.63, 3.8) is 0 Å². The Kier molecular flexibility index (Phi) is 8.95. The lowest BCUT2D eigenvalue weighted by Gasteiger charge is -2.38. The van der Waals surface area contributed by atoms with E-state index in [4.69, 9.17) is 5.73 Å². The van der Waals surface area contributed by atoms with E-state index in [1.165, 1.54) is 17.8 Å². The lowest BCUT2D eigenvalue weighted by atomic mass is 9.79. The number of sulfone groups is 1. The zero-order chi connectivity index (χ0) is 27.6. The molecule has 204 valence electrons. The fourth-order valence-electron chi connectivity index (χ4n) is 5.41. The largest absolute Gasteiger partial charge is 0.507 e. The van der Waals surface area contributed by atoms with Crippen molar-refractivity contribution >= 4 is 38.9 Å². The van der Waals surface area contributed by atoms with Crippen molar-refractivity contribution < 1.29 is 18.3 Å². The van der Waals surface area contributed by atoms with Crippen molar-refractivity contribution in [2.24, 2.45) is 11.1 Å². The second-order valence-electron chi connectivity index (χ2n) is 11.4. The highest BCUT2D eigenvalue weighted by molar-refractivity contribution is 7.98. The van der Waals surface area contributed by atoms with Crippen LogP contribution in [-0.4, -0.2) is 38.0 Å². The third kappa shape index (κ3) is 6.28. The van der Waals surface area contributed by atoms with E-state index in [-0.39, 0.29) is 21.8 Å². The molecule has 0 saturated carbocycles. The number of phenols is 1. The van der Waals surface area contributed by atoms with Gasteiger partial charge in [0, 0.05) is 29.3 Å². The summed E-state index contributed by atoms with van der Waals surface area (Å²) in [5, 5.41) is 10.7. The van der Waals surface area contributed by atoms with E-state index in [1.54, 1.807) is 12.1 Å². The maximum Gasteiger partial charge on any atom is 0.248 e. The molecule has 8 heteroatoms. The minimum absolute atomic E-state index is 0.0242. The molecule has 0 atom stereocenters. The quantitative estimate of drug-likeness (QED) is 0.335. The maximum absolute atomic E-state index is 13.9. The number of aromatic hydroxyl groups is 1. The summed E-state index contributed by atoms with van der Waals surface area (Å²) in [6.45, 7) is 10.9. The molecule has 1 aliphatic rings. The number of anilines is 2. The molecule has 6 nitrogen and oxygen atoms in total. The summed E-state index contributed by atoms with van der Waals surface area (Å²) < 4.78 is 27.9. The number of fused-ring (bicyclic) bond motifs is 1. The number of carbonyl (C=O) groups is 1. The molecular weight excluding hydrogens is 504 g/mol. The van der Waals surface area contributed by atoms with Crippen LogP contribution in [0.25, 0.3) is 0 Å². The molecule has 0 bridgehead atoms. The Morgan fingerprint density at radius 3 is 2.24 bits per heavy atom. The van der Waals surface area contributed by atoms with Crippen LogP contribution in [0, 0.1) is 5.41 Å². The molecule has 0 unspecified atom stereocenters. The summed E-state index contributed by atoms with van der Waals surface area (Å²) in [6.07, 6.45) is 7.33. The number of benzene rings is 2. The van der Waals surface area contributed by atoms with Crippen LogP contribution in [0.1, 0.15) is 89.1 Å². The van der Waals surface area contributed by atoms with E-state index in [2.05, 4.69) is 18.7 Å². The van der Waals surface area contributed by atoms with E-state index in [0.717, 1.165) is 49.8 Å². The highest BCUT2D eigenvalue weighted by Gasteiger charge is 2.42. The minimum Gasteiger partial charge on any atom is -0.507 e. The van der Waals surface area contributed by atoms with Crippen LogP contribution in [0.3, 0.4) is 0 Å². The Balaban J connectivity index is 2.35. The Morgan fingerprint density at radius 2 is 1.73 bits per heavy atom. The first-order chi connectivity index (χ1) is 17.3. The van der Waals surface area contributed by atoms with E-state index in [1.807, 2.05) is 39.2 Å². The first kappa shape index (κ1) is 29.4. The van der Waals surface area contributed by atoms with Gasteiger partial charge in [-0.1, -0.05) is 60.3 Å². The lowest BCUT2D eigenvalue weighted by molar-refractivity contribution is 0.0998. The average Bonchev–Trinajstić information content (AvgIpc) is 2.92. The molecule has 2 aromatic rings. The predicted octanol–water partition coefficient (Wildman–Crippen LogP) is 6.80. The van der Waals surface area contributed by atoms with Crippen LogP contribution in [0.2, 0.25) is 0 Å². The highest BCUT2D eigenvalue weighted by atomic mass is 32.2. The summed E-state index contributed by atoms with van der Waals surface area (Å²) >= 11 is 1.38. The number of nitrogens with two attached hydrogens (primary N) is 1. The summed E-state index contributed by atoms with van der Waals surface area (Å²) in [4.78, 5) is 15.1. The van der Waals surface area contributed by atoms with E-state index in [9.17, 15) is 18.3 Å². The van der Waals surface area contributed by atoms with Crippen LogP contribution in [0.4, 0.5) is 11.4 Å². The lowest BCUT2D eigenvalue weighted by Crippen LogP contribution is -2.38. The molecule has 0 saturated heterocycles. The average molecular weight is 547 g/mol. The number of nitrogens with zero attached hydrogens (tertiary/aromatic N) is 1. The van der Waals surface area contributed by atoms with Crippen molar-refractivity contribution in [2.75, 3.05) is 23.5 Å². The fraction of sp³-hybridized carbons (Fsp3) is 0.552. The van der Waals surface area contributed by atoms with Crippen LogP contribution in [-0.2, 0) is 15.3 Å². The minimum atomic E-state index is -3.68. The molecule has 0 aliphatic carbocycles. The topological polar surface area (TPSA) is 101 Å². The molecular formula is C29H42N2O4S2. The van der Waals surface area contributed by atoms with Crippen LogP contribution in [0.15, 0.2) is 40.1 Å². The van der Waals surface area contributed by atoms with Gasteiger partial charge in [-0.05, 0) is 54.3 Å². The standard InChI is InChI=1S/C29H42N2O4S2/c1-7-9-13-29(14-10-8-2)18-31(20-11-12-21(27(30)33)22(15-20)28(3,4)5)23-16-25(36-6)24(32)17-26(23)37(34,35)19-29/h11-12,15-17,32H,7-10,13-14,18-19H2,1-6H3,(H2,30,33). The van der Waals surface area contributed by atoms with Gasteiger partial charge in [0.1, 0.15) is 5.75 Å². The Labute approximate surface area is 226 Å². The number of hydrogen-bond acceptors (Lipinski definition) is 6. The fourth-order valence-corrected chi connectivity index (χ4v) is 8.02. The highest BCUT2D eigenvalue weighted by Crippen LogP contribution is 2.48. The third-order valence-corrected chi connectivity index (χ3v) is 10.1. The van der Waals surface area contributed by atoms with Crippen molar-refractivity contribution in [1.29, 1.82) is 0 Å². The molecule has 0 aromatic heterocycles. The number of phenolic OH excluding ortho intramolecular Hbond substituents is 1. The molecule has 1 amide bonds. The maximum atomic E-state index is 13.9. The van der Waals surface area contributed by atoms with Gasteiger partial charge in [-0.15, -0.1) is 11.8 Å². The van der Waals surface area contributed by atoms with E-state index < -0.39 is 21.2 Å². The van der Waals surface area contributed by atoms with Crippen molar-refractivity contribution in [2.45, 2.75) is 88.3 Å². The zero-order valence-electron chi connectivity index (χ0n) is 23.1. The number of amides is 1. The first-order valence-electron chi connectivity index (χ1n) is 13.1. The van der Waals surface area contributed by atoms with Gasteiger partial charge in [0.2, 0.25) is 5.91 Å². The van der Waals surface area contributed by atoms with Gasteiger partial charge in [-0.3, -0.25) is 4.79 Å². The molecule has 3 N–H and O–H groups in total. The van der Waals surface area contributed by atoms with Gasteiger partial charge in [-0.2, -0.15) is 0 Å². The number of rotatable bonds is 9. The molecule has 1 aliphatic heterocycles. The van der Waals surface area contributed by atoms with Gasteiger partial charge in [0.05, 0.1) is 21.2 Å². The number of carbonyl (C=O) groups excluding carboxylic acids is 1. The molecule has 1 heterocycles. The first-order valence-corrected chi connectivity index (χ1v) is 16.0. The molecule has 2 aromatic carbocycles. The summed E-state index contributed by atoms with van der Waals surface area (Å²) in [6, 6.07) is 8.82. The number of primary amides is 1. The number of hydrogen-bond donors (Lipinski definition) is 2. The smallest absolute Gasteiger partial charge is 0.248 e. The van der Waals surface area contributed by atoms with Gasteiger partial charge in [-0.25, -0.2) is 8.42 Å². The van der Waals surface area contributed by atoms with Crippen LogP contribution in [0.5, 0.6) is 5.75 Å². The monoisotopic (exact) mass is 546 g/mol. The van der Waals surface area contributed by atoms with Crippen molar-refractivity contribution in [3.05, 3.63) is 41.5 Å². The number of thioether (sulfide) groups is 1. The van der Waals surface area contributed by atoms with Gasteiger partial charge in [0.25, 0.3) is 0 Å². The van der Waals surface area contributed by atoms with Crippen LogP contribution < -0.4 is 10.6 Å². The second kappa shape index (κ2) is 11.3. The predicted molar refractivity (Wildman–Crippen MR) is 154 cm³/mol. The molecule has 0 spiro atoms. The SMILES string of the molecule is CCCCC1(CCCC)CN(c2ccc(C(N)=O)c(C(C)(C)C)c2)c2cc(SC)c(O)cc2S(=O)(=O)C1. The second-order valence-corrected chi connectivity index (χ2v) is 14.2. The van der Waals surface area contributed by atoms with Crippen molar-refractivity contribution in [1.82, 2.24) is 0 Å². The zero-order valence-corrected chi connectivity index (χ0v) is 24.7. The van der Waals surface area contributed by atoms with E-state index >= 15 is 0 Å². The molecule has 3 rings (SSSR count). The molecule has 0 radical (unpaired) electrons. The summed E-state index contributed by atoms with van der Waals surface area (Å²) in [5.74, 6) is -0.457. The normalized spacial score (nSPS) is 16.8. The Hall–Kier alpha value is -2.19. The van der Waals surface area contributed by atoms with Gasteiger partial charge in [0.15, 0.2) is 9.84 Å². The molecule has 0 fully saturated rings.